The number of ether oxygens (including phenoxy) is 2. The molecule has 0 aliphatic carbocycles. The van der Waals surface area contributed by atoms with Crippen LogP contribution in [0.2, 0.25) is 0 Å². The van der Waals surface area contributed by atoms with Crippen molar-refractivity contribution in [2.24, 2.45) is 0 Å². The summed E-state index contributed by atoms with van der Waals surface area (Å²) in [6, 6.07) is 7.31. The Bertz CT molecular complexity index is 1430. The number of hydrogen-bond donors (Lipinski definition) is 1. The van der Waals surface area contributed by atoms with Gasteiger partial charge in [-0.25, -0.2) is 8.78 Å². The molecule has 2 fully saturated rings. The highest BCUT2D eigenvalue weighted by Crippen LogP contribution is 2.37. The van der Waals surface area contributed by atoms with Gasteiger partial charge in [-0.1, -0.05) is 17.3 Å². The molecule has 3 aliphatic heterocycles. The van der Waals surface area contributed by atoms with Gasteiger partial charge in [-0.3, -0.25) is 24.4 Å². The molecule has 208 valence electrons. The number of rotatable bonds is 5. The molecule has 1 aromatic heterocycles. The van der Waals surface area contributed by atoms with E-state index in [2.05, 4.69) is 15.4 Å². The summed E-state index contributed by atoms with van der Waals surface area (Å²) in [5, 5.41) is 10.1. The molecule has 3 aromatic rings. The van der Waals surface area contributed by atoms with Crippen molar-refractivity contribution in [2.75, 3.05) is 37.7 Å². The van der Waals surface area contributed by atoms with E-state index < -0.39 is 41.4 Å². The number of fused-ring (bicyclic) bond motifs is 1. The first-order chi connectivity index (χ1) is 19.1. The maximum atomic E-state index is 15.6. The van der Waals surface area contributed by atoms with Gasteiger partial charge >= 0.3 is 0 Å². The summed E-state index contributed by atoms with van der Waals surface area (Å²) >= 11 is 0. The molecule has 0 saturated carbocycles. The van der Waals surface area contributed by atoms with Crippen LogP contribution in [-0.4, -0.2) is 87.6 Å². The fraction of sp³-hybridized carbons (Fsp3) is 0.370. The molecule has 2 atom stereocenters. The van der Waals surface area contributed by atoms with E-state index in [-0.39, 0.29) is 66.8 Å². The lowest BCUT2D eigenvalue weighted by Crippen LogP contribution is -2.52. The first-order valence-electron chi connectivity index (χ1n) is 12.8. The number of imide groups is 1. The number of benzene rings is 2. The van der Waals surface area contributed by atoms with Crippen LogP contribution in [0.4, 0.5) is 14.5 Å². The van der Waals surface area contributed by atoms with Crippen LogP contribution in [0, 0.1) is 11.6 Å². The Labute approximate surface area is 227 Å². The Balaban J connectivity index is 1.24. The summed E-state index contributed by atoms with van der Waals surface area (Å²) in [5.41, 5.74) is 0.318. The smallest absolute Gasteiger partial charge is 0.262 e. The van der Waals surface area contributed by atoms with E-state index in [0.717, 1.165) is 17.0 Å². The lowest BCUT2D eigenvalue weighted by atomic mass is 10.0. The van der Waals surface area contributed by atoms with E-state index >= 15 is 8.78 Å². The minimum Gasteiger partial charge on any atom is -0.363 e. The number of halogens is 2. The highest BCUT2D eigenvalue weighted by atomic mass is 19.1. The van der Waals surface area contributed by atoms with Gasteiger partial charge in [0.15, 0.2) is 11.9 Å². The summed E-state index contributed by atoms with van der Waals surface area (Å²) in [4.78, 5) is 43.3. The Morgan fingerprint density at radius 2 is 1.68 bits per heavy atom. The van der Waals surface area contributed by atoms with Crippen LogP contribution in [-0.2, 0) is 14.3 Å². The number of piperazine rings is 1. The highest BCUT2D eigenvalue weighted by molar-refractivity contribution is 6.21. The molecule has 2 saturated heterocycles. The topological polar surface area (TPSA) is 121 Å². The van der Waals surface area contributed by atoms with Gasteiger partial charge in [-0.2, -0.15) is 0 Å². The number of aromatic nitrogens is 3. The lowest BCUT2D eigenvalue weighted by Gasteiger charge is -2.37. The molecular weight excluding hydrogens is 526 g/mol. The first kappa shape index (κ1) is 26.0. The highest BCUT2D eigenvalue weighted by Gasteiger charge is 2.43. The monoisotopic (exact) mass is 552 g/mol. The third-order valence-electron chi connectivity index (χ3n) is 7.35. The number of carbonyl (C=O) groups is 3. The molecule has 3 amide bonds. The van der Waals surface area contributed by atoms with Crippen LogP contribution in [0.1, 0.15) is 51.9 Å². The third-order valence-corrected chi connectivity index (χ3v) is 7.35. The molecule has 6 rings (SSSR count). The Kier molecular flexibility index (Phi) is 6.34. The van der Waals surface area contributed by atoms with Gasteiger partial charge < -0.3 is 19.3 Å². The summed E-state index contributed by atoms with van der Waals surface area (Å²) in [6.07, 6.45) is 0.652. The summed E-state index contributed by atoms with van der Waals surface area (Å²) in [7, 11) is 0. The minimum absolute atomic E-state index is 0.0250. The van der Waals surface area contributed by atoms with Gasteiger partial charge in [0.2, 0.25) is 0 Å². The molecule has 2 unspecified atom stereocenters. The predicted molar refractivity (Wildman–Crippen MR) is 135 cm³/mol. The number of hydrogen-bond acceptors (Lipinski definition) is 8. The fourth-order valence-corrected chi connectivity index (χ4v) is 5.45. The number of amides is 3. The van der Waals surface area contributed by atoms with Crippen molar-refractivity contribution in [1.82, 2.24) is 25.2 Å². The molecule has 2 aromatic carbocycles. The van der Waals surface area contributed by atoms with Crippen molar-refractivity contribution in [3.63, 3.8) is 0 Å². The third kappa shape index (κ3) is 4.40. The predicted octanol–water partition coefficient (Wildman–Crippen LogP) is 2.27. The van der Waals surface area contributed by atoms with Crippen molar-refractivity contribution >= 4 is 23.4 Å². The molecule has 0 bridgehead atoms. The van der Waals surface area contributed by atoms with Crippen LogP contribution in [0.25, 0.3) is 0 Å². The first-order valence-corrected chi connectivity index (χ1v) is 12.8. The maximum absolute atomic E-state index is 15.6. The zero-order valence-corrected chi connectivity index (χ0v) is 21.8. The van der Waals surface area contributed by atoms with Crippen molar-refractivity contribution in [3.05, 3.63) is 76.6 Å². The molecule has 4 heterocycles. The van der Waals surface area contributed by atoms with Crippen LogP contribution in [0.5, 0.6) is 0 Å². The zero-order chi connectivity index (χ0) is 28.2. The molecular formula is C27H26F2N6O5. The van der Waals surface area contributed by atoms with Gasteiger partial charge in [-0.15, -0.1) is 5.10 Å². The van der Waals surface area contributed by atoms with Crippen LogP contribution < -0.4 is 4.90 Å². The van der Waals surface area contributed by atoms with Crippen molar-refractivity contribution in [1.29, 1.82) is 0 Å². The molecule has 0 spiro atoms. The van der Waals surface area contributed by atoms with Crippen molar-refractivity contribution < 1.29 is 32.6 Å². The Morgan fingerprint density at radius 3 is 2.20 bits per heavy atom. The fourth-order valence-electron chi connectivity index (χ4n) is 5.45. The van der Waals surface area contributed by atoms with Gasteiger partial charge in [0.1, 0.15) is 29.1 Å². The zero-order valence-electron chi connectivity index (χ0n) is 21.8. The second-order valence-corrected chi connectivity index (χ2v) is 10.3. The summed E-state index contributed by atoms with van der Waals surface area (Å²) in [6.45, 7) is 4.50. The quantitative estimate of drug-likeness (QED) is 0.479. The molecule has 11 nitrogen and oxygen atoms in total. The average molecular weight is 553 g/mol. The van der Waals surface area contributed by atoms with Gasteiger partial charge in [0, 0.05) is 32.4 Å². The minimum atomic E-state index is -1.21. The van der Waals surface area contributed by atoms with Gasteiger partial charge in [0.25, 0.3) is 17.7 Å². The van der Waals surface area contributed by atoms with E-state index in [0.29, 0.717) is 0 Å². The molecule has 3 aliphatic rings. The second-order valence-electron chi connectivity index (χ2n) is 10.3. The van der Waals surface area contributed by atoms with E-state index in [1.807, 2.05) is 0 Å². The number of carbonyl (C=O) groups excluding carboxylic acids is 3. The number of aromatic amines is 1. The number of anilines is 1. The Morgan fingerprint density at radius 1 is 1.05 bits per heavy atom. The summed E-state index contributed by atoms with van der Waals surface area (Å²) in [5.74, 6) is -3.99. The second kappa shape index (κ2) is 9.75. The van der Waals surface area contributed by atoms with Gasteiger partial charge in [0.05, 0.1) is 17.7 Å². The SMILES string of the molecule is CC1(C)OCC(C(=O)N2CCN(c3c(F)cc(C(c4c[nH]nn4)N4C(=O)c5ccccc5C4=O)cc3F)CC2)O1. The maximum Gasteiger partial charge on any atom is 0.262 e. The number of H-pyrrole nitrogens is 1. The van der Waals surface area contributed by atoms with Crippen LogP contribution in [0.3, 0.4) is 0 Å². The van der Waals surface area contributed by atoms with Crippen LogP contribution >= 0.6 is 0 Å². The van der Waals surface area contributed by atoms with Crippen molar-refractivity contribution in [2.45, 2.75) is 31.8 Å². The molecule has 1 N–H and O–H groups in total. The largest absolute Gasteiger partial charge is 0.363 e. The molecule has 13 heteroatoms. The van der Waals surface area contributed by atoms with E-state index in [1.54, 1.807) is 30.9 Å². The standard InChI is InChI=1S/C27H26F2N6O5/c1-27(2)39-14-21(40-27)26(38)34-9-7-33(8-10-34)23-18(28)11-15(12-19(23)29)22(20-13-30-32-31-20)35-24(36)16-5-3-4-6-17(16)25(35)37/h3-6,11-13,21-22H,7-10,14H2,1-2H3,(H,30,31,32). The lowest BCUT2D eigenvalue weighted by molar-refractivity contribution is -0.160. The normalized spacial score (nSPS) is 21.2. The molecule has 0 radical (unpaired) electrons. The molecule has 40 heavy (non-hydrogen) atoms. The van der Waals surface area contributed by atoms with E-state index in [1.165, 1.54) is 23.2 Å². The van der Waals surface area contributed by atoms with E-state index in [4.69, 9.17) is 9.47 Å². The number of nitrogens with zero attached hydrogens (tertiary/aromatic N) is 5. The van der Waals surface area contributed by atoms with Crippen LogP contribution in [0.15, 0.2) is 42.6 Å². The summed E-state index contributed by atoms with van der Waals surface area (Å²) < 4.78 is 42.3. The number of nitrogens with one attached hydrogen (secondary N) is 1. The van der Waals surface area contributed by atoms with E-state index in [9.17, 15) is 14.4 Å². The Hall–Kier alpha value is -4.23. The van der Waals surface area contributed by atoms with Crippen molar-refractivity contribution in [3.8, 4) is 0 Å². The average Bonchev–Trinajstić information content (AvgIpc) is 3.65. The van der Waals surface area contributed by atoms with Gasteiger partial charge in [-0.05, 0) is 43.7 Å².